The van der Waals surface area contributed by atoms with E-state index < -0.39 is 59.6 Å². The number of aliphatic hydroxyl groups is 4. The number of epoxide rings is 1. The van der Waals surface area contributed by atoms with Gasteiger partial charge in [0.25, 0.3) is 0 Å². The minimum Gasteiger partial charge on any atom is -0.457 e. The molecule has 0 aromatic rings. The quantitative estimate of drug-likeness (QED) is 0.0768. The fourth-order valence-corrected chi connectivity index (χ4v) is 6.64. The van der Waals surface area contributed by atoms with Crippen LogP contribution >= 0.6 is 0 Å². The molecule has 4 N–H and O–H groups in total. The van der Waals surface area contributed by atoms with Gasteiger partial charge in [-0.25, -0.2) is 4.79 Å². The van der Waals surface area contributed by atoms with E-state index in [2.05, 4.69) is 0 Å². The fourth-order valence-electron chi connectivity index (χ4n) is 6.64. The average molecular weight is 709 g/mol. The first-order chi connectivity index (χ1) is 23.5. The third-order valence-corrected chi connectivity index (χ3v) is 10.0. The van der Waals surface area contributed by atoms with Gasteiger partial charge in [-0.15, -0.1) is 0 Å². The maximum atomic E-state index is 13.4. The number of hydrogen-bond acceptors (Lipinski definition) is 12. The lowest BCUT2D eigenvalue weighted by atomic mass is 9.88. The lowest BCUT2D eigenvalue weighted by Gasteiger charge is -2.39. The van der Waals surface area contributed by atoms with Gasteiger partial charge in [-0.1, -0.05) is 45.1 Å². The second-order valence-corrected chi connectivity index (χ2v) is 14.6. The molecular weight excluding hydrogens is 648 g/mol. The number of aliphatic hydroxyl groups excluding tert-OH is 3. The number of hydrogen-bond donors (Lipinski definition) is 4. The number of piperazine rings is 1. The van der Waals surface area contributed by atoms with Crippen molar-refractivity contribution in [3.8, 4) is 0 Å². The summed E-state index contributed by atoms with van der Waals surface area (Å²) in [7, 11) is 0. The number of rotatable bonds is 12. The van der Waals surface area contributed by atoms with Crippen LogP contribution in [0.5, 0.6) is 0 Å². The van der Waals surface area contributed by atoms with E-state index in [1.54, 1.807) is 56.1 Å². The molecule has 2 saturated heterocycles. The zero-order chi connectivity index (χ0) is 37.2. The van der Waals surface area contributed by atoms with Crippen molar-refractivity contribution in [3.05, 3.63) is 36.0 Å². The fraction of sp³-hybridized carbons (Fsp3) is 0.757. The number of allylic oxidation sites excluding steroid dienone is 2. The van der Waals surface area contributed by atoms with Crippen LogP contribution in [0, 0.1) is 11.8 Å². The topological polar surface area (TPSA) is 179 Å². The second kappa shape index (κ2) is 18.6. The molecule has 3 aliphatic heterocycles. The monoisotopic (exact) mass is 708 g/mol. The van der Waals surface area contributed by atoms with Gasteiger partial charge in [-0.05, 0) is 51.7 Å². The second-order valence-electron chi connectivity index (χ2n) is 14.6. The van der Waals surface area contributed by atoms with Crippen LogP contribution in [0.15, 0.2) is 36.0 Å². The largest absolute Gasteiger partial charge is 0.457 e. The molecule has 2 fully saturated rings. The summed E-state index contributed by atoms with van der Waals surface area (Å²) in [6.45, 7) is 14.6. The molecule has 0 aromatic carbocycles. The van der Waals surface area contributed by atoms with E-state index in [1.165, 1.54) is 6.92 Å². The highest BCUT2D eigenvalue weighted by Gasteiger charge is 2.47. The van der Waals surface area contributed by atoms with Gasteiger partial charge in [-0.3, -0.25) is 14.5 Å². The molecule has 3 rings (SSSR count). The zero-order valence-electron chi connectivity index (χ0n) is 30.8. The summed E-state index contributed by atoms with van der Waals surface area (Å²) in [5.74, 6) is -1.62. The van der Waals surface area contributed by atoms with Crippen LogP contribution in [0.3, 0.4) is 0 Å². The van der Waals surface area contributed by atoms with Crippen molar-refractivity contribution in [2.45, 2.75) is 128 Å². The van der Waals surface area contributed by atoms with E-state index in [0.29, 0.717) is 51.1 Å². The van der Waals surface area contributed by atoms with Crippen LogP contribution < -0.4 is 0 Å². The SMILES string of the molecule is CC[C@H](O)[C@@H](C)[C@H]1O[C@@H]1C[C@@](C)(O)/C=C/C=C(\C)[C@H]1OC(=O)C[C@H](O)CC[C@@](C)(OC(=O)N2CCN(CCO)CC2)[C@@H](OC(C)=O)/C=C/[C@@H]1C. The summed E-state index contributed by atoms with van der Waals surface area (Å²) < 4.78 is 23.4. The number of cyclic esters (lactones) is 1. The van der Waals surface area contributed by atoms with Crippen LogP contribution in [-0.2, 0) is 28.5 Å². The van der Waals surface area contributed by atoms with Gasteiger partial charge in [-0.2, -0.15) is 0 Å². The molecular formula is C37H60N2O11. The number of nitrogens with zero attached hydrogens (tertiary/aromatic N) is 2. The van der Waals surface area contributed by atoms with E-state index in [-0.39, 0.29) is 44.0 Å². The van der Waals surface area contributed by atoms with Gasteiger partial charge in [0.15, 0.2) is 11.7 Å². The van der Waals surface area contributed by atoms with Crippen molar-refractivity contribution in [2.24, 2.45) is 11.8 Å². The van der Waals surface area contributed by atoms with Gasteiger partial charge < -0.3 is 44.3 Å². The summed E-state index contributed by atoms with van der Waals surface area (Å²) in [6.07, 6.45) is 5.25. The molecule has 13 heteroatoms. The highest BCUT2D eigenvalue weighted by molar-refractivity contribution is 5.71. The Hall–Kier alpha value is -2.81. The summed E-state index contributed by atoms with van der Waals surface area (Å²) >= 11 is 0. The molecule has 0 bridgehead atoms. The molecule has 10 atom stereocenters. The average Bonchev–Trinajstić information content (AvgIpc) is 3.81. The predicted molar refractivity (Wildman–Crippen MR) is 186 cm³/mol. The molecule has 1 amide bonds. The van der Waals surface area contributed by atoms with Crippen LogP contribution in [0.1, 0.15) is 80.6 Å². The van der Waals surface area contributed by atoms with Gasteiger partial charge in [0.1, 0.15) is 6.10 Å². The highest BCUT2D eigenvalue weighted by atomic mass is 16.6. The first-order valence-corrected chi connectivity index (χ1v) is 17.9. The normalized spacial score (nSPS) is 33.3. The molecule has 13 nitrogen and oxygen atoms in total. The summed E-state index contributed by atoms with van der Waals surface area (Å²) in [4.78, 5) is 42.3. The molecule has 0 radical (unpaired) electrons. The van der Waals surface area contributed by atoms with Crippen LogP contribution in [-0.4, -0.2) is 135 Å². The van der Waals surface area contributed by atoms with Crippen molar-refractivity contribution in [3.63, 3.8) is 0 Å². The first kappa shape index (κ1) is 41.6. The zero-order valence-corrected chi connectivity index (χ0v) is 30.8. The maximum absolute atomic E-state index is 13.4. The Labute approximate surface area is 296 Å². The summed E-state index contributed by atoms with van der Waals surface area (Å²) in [5, 5.41) is 41.3. The Kier molecular flexibility index (Phi) is 15.5. The van der Waals surface area contributed by atoms with Gasteiger partial charge in [0, 0.05) is 57.9 Å². The predicted octanol–water partition coefficient (Wildman–Crippen LogP) is 2.89. The maximum Gasteiger partial charge on any atom is 0.410 e. The third-order valence-electron chi connectivity index (χ3n) is 10.0. The molecule has 0 unspecified atom stereocenters. The Morgan fingerprint density at radius 3 is 2.50 bits per heavy atom. The van der Waals surface area contributed by atoms with Gasteiger partial charge >= 0.3 is 18.0 Å². The van der Waals surface area contributed by atoms with E-state index in [0.717, 1.165) is 0 Å². The Morgan fingerprint density at radius 2 is 1.88 bits per heavy atom. The Bertz CT molecular complexity index is 1230. The Balaban J connectivity index is 1.79. The lowest BCUT2D eigenvalue weighted by molar-refractivity contribution is -0.158. The van der Waals surface area contributed by atoms with Gasteiger partial charge in [0.05, 0.1) is 43.0 Å². The summed E-state index contributed by atoms with van der Waals surface area (Å²) in [6, 6.07) is 0. The van der Waals surface area contributed by atoms with Crippen molar-refractivity contribution in [1.29, 1.82) is 0 Å². The molecule has 0 aliphatic carbocycles. The lowest BCUT2D eigenvalue weighted by Crippen LogP contribution is -2.53. The third kappa shape index (κ3) is 12.4. The van der Waals surface area contributed by atoms with E-state index in [9.17, 15) is 34.8 Å². The van der Waals surface area contributed by atoms with Gasteiger partial charge in [0.2, 0.25) is 0 Å². The number of amides is 1. The molecule has 0 saturated carbocycles. The summed E-state index contributed by atoms with van der Waals surface area (Å²) in [5.41, 5.74) is -1.87. The van der Waals surface area contributed by atoms with E-state index in [4.69, 9.17) is 18.9 Å². The smallest absolute Gasteiger partial charge is 0.410 e. The van der Waals surface area contributed by atoms with Crippen LogP contribution in [0.4, 0.5) is 4.79 Å². The number of β-amino-alcohol motifs (C(OH)–C–C–N with tert-alkyl or cyclic N) is 1. The van der Waals surface area contributed by atoms with Crippen molar-refractivity contribution >= 4 is 18.0 Å². The number of esters is 2. The molecule has 0 spiro atoms. The molecule has 3 heterocycles. The highest BCUT2D eigenvalue weighted by Crippen LogP contribution is 2.38. The number of carbonyl (C=O) groups excluding carboxylic acids is 3. The molecule has 50 heavy (non-hydrogen) atoms. The molecule has 284 valence electrons. The minimum absolute atomic E-state index is 0.0277. The van der Waals surface area contributed by atoms with E-state index >= 15 is 0 Å². The van der Waals surface area contributed by atoms with Crippen LogP contribution in [0.2, 0.25) is 0 Å². The number of ether oxygens (including phenoxy) is 4. The molecule has 3 aliphatic rings. The molecule has 0 aromatic heterocycles. The standard InChI is InChI=1S/C37H60N2O11/c1-8-29(43)26(4)34-30(48-34)23-36(6,46)14-9-10-24(2)33-25(3)11-12-31(47-27(5)41)37(7,15-13-28(42)22-32(44)49-33)50-35(45)39-18-16-38(17-19-39)20-21-40/h9-12,14,25-26,28-31,33-34,40,42-43,46H,8,13,15-23H2,1-7H3/b12-11+,14-9+,24-10+/t25-,26+,28+,29-,30+,31-,33+,34+,36-,37+/m0/s1. The van der Waals surface area contributed by atoms with Crippen molar-refractivity contribution < 1.29 is 53.8 Å². The minimum atomic E-state index is -1.36. The van der Waals surface area contributed by atoms with Crippen molar-refractivity contribution in [1.82, 2.24) is 9.80 Å². The Morgan fingerprint density at radius 1 is 1.20 bits per heavy atom. The first-order valence-electron chi connectivity index (χ1n) is 17.9. The van der Waals surface area contributed by atoms with Crippen LogP contribution in [0.25, 0.3) is 0 Å². The van der Waals surface area contributed by atoms with Crippen molar-refractivity contribution in [2.75, 3.05) is 39.3 Å². The van der Waals surface area contributed by atoms with E-state index in [1.807, 2.05) is 25.7 Å². The number of carbonyl (C=O) groups is 3.